The van der Waals surface area contributed by atoms with Crippen molar-refractivity contribution in [1.82, 2.24) is 10.2 Å². The van der Waals surface area contributed by atoms with Crippen molar-refractivity contribution in [2.75, 3.05) is 20.2 Å². The number of carbonyl (C=O) groups excluding carboxylic acids is 1. The van der Waals surface area contributed by atoms with E-state index in [4.69, 9.17) is 4.74 Å². The zero-order chi connectivity index (χ0) is 26.8. The van der Waals surface area contributed by atoms with E-state index in [0.717, 1.165) is 18.2 Å². The molecule has 2 atom stereocenters. The highest BCUT2D eigenvalue weighted by Crippen LogP contribution is 2.40. The van der Waals surface area contributed by atoms with Crippen LogP contribution in [0.15, 0.2) is 66.7 Å². The van der Waals surface area contributed by atoms with Crippen LogP contribution in [0.5, 0.6) is 5.75 Å². The number of likely N-dealkylation sites (tertiary alicyclic amines) is 1. The van der Waals surface area contributed by atoms with Crippen molar-refractivity contribution in [2.45, 2.75) is 30.7 Å². The molecule has 3 aromatic carbocycles. The Balaban J connectivity index is 1.97. The maximum atomic E-state index is 14.7. The molecule has 4 nitrogen and oxygen atoms in total. The quantitative estimate of drug-likeness (QED) is 0.390. The Morgan fingerprint density at radius 1 is 1.00 bits per heavy atom. The molecule has 2 amide bonds. The molecule has 0 spiro atoms. The summed E-state index contributed by atoms with van der Waals surface area (Å²) >= 11 is 0. The second kappa shape index (κ2) is 10.4. The fraction of sp³-hybridized carbons (Fsp3) is 0.296. The van der Waals surface area contributed by atoms with Gasteiger partial charge in [-0.25, -0.2) is 18.0 Å². The van der Waals surface area contributed by atoms with E-state index in [0.29, 0.717) is 11.6 Å². The predicted molar refractivity (Wildman–Crippen MR) is 125 cm³/mol. The van der Waals surface area contributed by atoms with Crippen LogP contribution in [0.3, 0.4) is 0 Å². The number of methoxy groups -OCH3 is 1. The third kappa shape index (κ3) is 5.68. The van der Waals surface area contributed by atoms with Crippen LogP contribution >= 0.6 is 0 Å². The molecule has 3 aromatic rings. The minimum atomic E-state index is -4.88. The Morgan fingerprint density at radius 3 is 2.32 bits per heavy atom. The van der Waals surface area contributed by atoms with Crippen molar-refractivity contribution in [3.63, 3.8) is 0 Å². The Kier molecular flexibility index (Phi) is 7.38. The number of alkyl halides is 4. The highest BCUT2D eigenvalue weighted by atomic mass is 19.4. The molecule has 1 aliphatic heterocycles. The highest BCUT2D eigenvalue weighted by Gasteiger charge is 2.42. The first-order chi connectivity index (χ1) is 17.5. The van der Waals surface area contributed by atoms with Crippen LogP contribution < -0.4 is 10.1 Å². The SMILES string of the molecule is COc1cc([C@@](Cc2ccccc2)(NC(=O)N2CCC(F)C2)c2cc(F)cc(C(F)(F)F)c2)ccc1F. The van der Waals surface area contributed by atoms with Crippen molar-refractivity contribution in [3.8, 4) is 5.75 Å². The average Bonchev–Trinajstić information content (AvgIpc) is 3.30. The van der Waals surface area contributed by atoms with Gasteiger partial charge in [0.1, 0.15) is 12.0 Å². The second-order valence-electron chi connectivity index (χ2n) is 8.91. The van der Waals surface area contributed by atoms with Crippen molar-refractivity contribution in [2.24, 2.45) is 0 Å². The van der Waals surface area contributed by atoms with E-state index in [1.54, 1.807) is 30.3 Å². The van der Waals surface area contributed by atoms with E-state index in [1.807, 2.05) is 0 Å². The molecule has 0 bridgehead atoms. The average molecular weight is 522 g/mol. The molecule has 1 saturated heterocycles. The van der Waals surface area contributed by atoms with Gasteiger partial charge in [-0.2, -0.15) is 13.2 Å². The molecule has 4 rings (SSSR count). The fourth-order valence-electron chi connectivity index (χ4n) is 4.55. The summed E-state index contributed by atoms with van der Waals surface area (Å²) in [5.41, 5.74) is -2.54. The lowest BCUT2D eigenvalue weighted by Gasteiger charge is -2.38. The van der Waals surface area contributed by atoms with Gasteiger partial charge >= 0.3 is 12.2 Å². The molecule has 1 aliphatic rings. The molecular formula is C27H24F6N2O2. The van der Waals surface area contributed by atoms with Crippen molar-refractivity contribution in [1.29, 1.82) is 0 Å². The molecule has 1 fully saturated rings. The molecule has 1 N–H and O–H groups in total. The standard InChI is InChI=1S/C27H24F6N2O2/c1-37-24-14-18(7-8-23(24)30)26(15-17-5-3-2-4-6-17,34-25(36)35-10-9-21(28)16-35)19-11-20(27(31,32)33)13-22(29)12-19/h2-8,11-14,21H,9-10,15-16H2,1H3,(H,34,36)/t21?,26-/m1/s1. The van der Waals surface area contributed by atoms with Gasteiger partial charge in [0.15, 0.2) is 11.6 Å². The normalized spacial score (nSPS) is 17.4. The smallest absolute Gasteiger partial charge is 0.416 e. The molecule has 0 saturated carbocycles. The lowest BCUT2D eigenvalue weighted by atomic mass is 9.77. The molecule has 0 aromatic heterocycles. The van der Waals surface area contributed by atoms with E-state index in [2.05, 4.69) is 5.32 Å². The Hall–Kier alpha value is -3.69. The first kappa shape index (κ1) is 26.4. The molecule has 0 radical (unpaired) electrons. The molecule has 0 aliphatic carbocycles. The van der Waals surface area contributed by atoms with E-state index >= 15 is 0 Å². The van der Waals surface area contributed by atoms with Crippen LogP contribution in [0.4, 0.5) is 31.1 Å². The van der Waals surface area contributed by atoms with Gasteiger partial charge in [0, 0.05) is 13.0 Å². The Labute approximate surface area is 209 Å². The minimum absolute atomic E-state index is 0.0953. The summed E-state index contributed by atoms with van der Waals surface area (Å²) in [5, 5.41) is 2.76. The Morgan fingerprint density at radius 2 is 1.70 bits per heavy atom. The van der Waals surface area contributed by atoms with Gasteiger partial charge < -0.3 is 15.0 Å². The van der Waals surface area contributed by atoms with Gasteiger partial charge in [0.25, 0.3) is 0 Å². The number of carbonyl (C=O) groups is 1. The first-order valence-corrected chi connectivity index (χ1v) is 11.5. The van der Waals surface area contributed by atoms with Gasteiger partial charge in [0.2, 0.25) is 0 Å². The number of amides is 2. The summed E-state index contributed by atoms with van der Waals surface area (Å²) in [6.07, 6.45) is -6.13. The maximum Gasteiger partial charge on any atom is 0.416 e. The van der Waals surface area contributed by atoms with E-state index in [9.17, 15) is 31.1 Å². The van der Waals surface area contributed by atoms with Crippen LogP contribution in [0.25, 0.3) is 0 Å². The summed E-state index contributed by atoms with van der Waals surface area (Å²) in [4.78, 5) is 14.6. The fourth-order valence-corrected chi connectivity index (χ4v) is 4.55. The monoisotopic (exact) mass is 522 g/mol. The van der Waals surface area contributed by atoms with E-state index in [1.165, 1.54) is 24.1 Å². The topological polar surface area (TPSA) is 41.6 Å². The van der Waals surface area contributed by atoms with Gasteiger partial charge in [-0.1, -0.05) is 36.4 Å². The van der Waals surface area contributed by atoms with Gasteiger partial charge in [-0.3, -0.25) is 0 Å². The number of benzene rings is 3. The van der Waals surface area contributed by atoms with Crippen LogP contribution in [0.2, 0.25) is 0 Å². The van der Waals surface area contributed by atoms with Gasteiger partial charge in [0.05, 0.1) is 24.8 Å². The zero-order valence-corrected chi connectivity index (χ0v) is 19.8. The van der Waals surface area contributed by atoms with Crippen molar-refractivity contribution < 1.29 is 35.9 Å². The first-order valence-electron chi connectivity index (χ1n) is 11.5. The molecule has 37 heavy (non-hydrogen) atoms. The molecule has 1 heterocycles. The van der Waals surface area contributed by atoms with E-state index < -0.39 is 41.1 Å². The Bertz CT molecular complexity index is 1270. The summed E-state index contributed by atoms with van der Waals surface area (Å²) in [6, 6.07) is 13.4. The molecule has 1 unspecified atom stereocenters. The number of halogens is 6. The summed E-state index contributed by atoms with van der Waals surface area (Å²) < 4.78 is 89.2. The summed E-state index contributed by atoms with van der Waals surface area (Å²) in [6.45, 7) is -0.102. The largest absolute Gasteiger partial charge is 0.494 e. The number of hydrogen-bond acceptors (Lipinski definition) is 2. The van der Waals surface area contributed by atoms with Crippen molar-refractivity contribution >= 4 is 6.03 Å². The maximum absolute atomic E-state index is 14.7. The van der Waals surface area contributed by atoms with Gasteiger partial charge in [-0.05, 0) is 53.4 Å². The summed E-state index contributed by atoms with van der Waals surface area (Å²) in [5.74, 6) is -2.13. The zero-order valence-electron chi connectivity index (χ0n) is 19.8. The van der Waals surface area contributed by atoms with Crippen LogP contribution in [-0.2, 0) is 18.1 Å². The number of nitrogens with zero attached hydrogens (tertiary/aromatic N) is 1. The van der Waals surface area contributed by atoms with Crippen LogP contribution in [0.1, 0.15) is 28.7 Å². The number of urea groups is 1. The lowest BCUT2D eigenvalue weighted by molar-refractivity contribution is -0.137. The number of rotatable bonds is 6. The predicted octanol–water partition coefficient (Wildman–Crippen LogP) is 6.23. The van der Waals surface area contributed by atoms with Crippen molar-refractivity contribution in [3.05, 3.63) is 101 Å². The third-order valence-corrected chi connectivity index (χ3v) is 6.41. The second-order valence-corrected chi connectivity index (χ2v) is 8.91. The number of ether oxygens (including phenoxy) is 1. The highest BCUT2D eigenvalue weighted by molar-refractivity contribution is 5.77. The molecular weight excluding hydrogens is 498 g/mol. The third-order valence-electron chi connectivity index (χ3n) is 6.41. The van der Waals surface area contributed by atoms with Crippen LogP contribution in [-0.4, -0.2) is 37.3 Å². The molecule has 196 valence electrons. The minimum Gasteiger partial charge on any atom is -0.494 e. The molecule has 10 heteroatoms. The van der Waals surface area contributed by atoms with Gasteiger partial charge in [-0.15, -0.1) is 0 Å². The summed E-state index contributed by atoms with van der Waals surface area (Å²) in [7, 11) is 1.22. The number of hydrogen-bond donors (Lipinski definition) is 1. The lowest BCUT2D eigenvalue weighted by Crippen LogP contribution is -2.53. The van der Waals surface area contributed by atoms with Crippen LogP contribution in [0, 0.1) is 11.6 Å². The number of nitrogens with one attached hydrogen (secondary N) is 1. The van der Waals surface area contributed by atoms with E-state index in [-0.39, 0.29) is 42.8 Å².